The van der Waals surface area contributed by atoms with Crippen LogP contribution in [0.1, 0.15) is 24.1 Å². The highest BCUT2D eigenvalue weighted by Gasteiger charge is 2.29. The highest BCUT2D eigenvalue weighted by molar-refractivity contribution is 6.45. The summed E-state index contributed by atoms with van der Waals surface area (Å²) >= 11 is 12.5. The van der Waals surface area contributed by atoms with Gasteiger partial charge in [0.15, 0.2) is 0 Å². The van der Waals surface area contributed by atoms with Crippen molar-refractivity contribution in [3.05, 3.63) is 27.4 Å². The number of carbonyl (C=O) groups is 1. The molecule has 1 aromatic carbocycles. The molecule has 0 saturated heterocycles. The first-order valence-electron chi connectivity index (χ1n) is 7.08. The van der Waals surface area contributed by atoms with Crippen molar-refractivity contribution in [2.75, 3.05) is 19.8 Å². The predicted octanol–water partition coefficient (Wildman–Crippen LogP) is 2.62. The van der Waals surface area contributed by atoms with E-state index in [2.05, 4.69) is 10.3 Å². The second kappa shape index (κ2) is 5.99. The molecule has 1 aromatic heterocycles. The lowest BCUT2D eigenvalue weighted by molar-refractivity contribution is -0.121. The van der Waals surface area contributed by atoms with Gasteiger partial charge < -0.3 is 20.1 Å². The number of halogens is 2. The second-order valence-corrected chi connectivity index (χ2v) is 6.06. The van der Waals surface area contributed by atoms with Gasteiger partial charge in [0, 0.05) is 30.1 Å². The Hall–Kier alpha value is -1.43. The normalized spacial score (nSPS) is 18.0. The lowest BCUT2D eigenvalue weighted by Gasteiger charge is -2.13. The maximum atomic E-state index is 12.1. The first-order valence-corrected chi connectivity index (χ1v) is 7.84. The number of rotatable bonds is 3. The minimum absolute atomic E-state index is 0.0289. The minimum Gasteiger partial charge on any atom is -0.490 e. The van der Waals surface area contributed by atoms with E-state index in [1.165, 1.54) is 0 Å². The van der Waals surface area contributed by atoms with Gasteiger partial charge in [-0.3, -0.25) is 4.79 Å². The molecular formula is C15H16Cl2N2O3. The number of amides is 1. The van der Waals surface area contributed by atoms with E-state index in [1.807, 2.05) is 6.92 Å². The summed E-state index contributed by atoms with van der Waals surface area (Å²) in [6.45, 7) is 2.46. The molecule has 0 aliphatic carbocycles. The largest absolute Gasteiger partial charge is 0.490 e. The molecule has 0 saturated carbocycles. The van der Waals surface area contributed by atoms with Crippen molar-refractivity contribution < 1.29 is 14.6 Å². The third-order valence-corrected chi connectivity index (χ3v) is 4.69. The van der Waals surface area contributed by atoms with Gasteiger partial charge in [-0.15, -0.1) is 0 Å². The summed E-state index contributed by atoms with van der Waals surface area (Å²) < 4.78 is 5.61. The van der Waals surface area contributed by atoms with Crippen molar-refractivity contribution in [2.24, 2.45) is 0 Å². The number of ether oxygens (including phenoxy) is 1. The number of aliphatic hydroxyl groups is 1. The lowest BCUT2D eigenvalue weighted by Crippen LogP contribution is -2.26. The molecule has 5 nitrogen and oxygen atoms in total. The van der Waals surface area contributed by atoms with Crippen molar-refractivity contribution in [1.29, 1.82) is 0 Å². The molecule has 1 atom stereocenters. The Bertz CT molecular complexity index is 742. The molecule has 118 valence electrons. The van der Waals surface area contributed by atoms with Gasteiger partial charge in [-0.2, -0.15) is 0 Å². The van der Waals surface area contributed by atoms with Crippen molar-refractivity contribution in [1.82, 2.24) is 10.3 Å². The van der Waals surface area contributed by atoms with Crippen LogP contribution in [-0.2, 0) is 11.2 Å². The zero-order valence-electron chi connectivity index (χ0n) is 12.0. The summed E-state index contributed by atoms with van der Waals surface area (Å²) in [6.07, 6.45) is 0.688. The molecule has 2 heterocycles. The monoisotopic (exact) mass is 342 g/mol. The van der Waals surface area contributed by atoms with Crippen LogP contribution in [0.4, 0.5) is 0 Å². The first kappa shape index (κ1) is 15.5. The number of aliphatic hydroxyl groups excluding tert-OH is 1. The highest BCUT2D eigenvalue weighted by Crippen LogP contribution is 2.43. The number of hydrogen-bond acceptors (Lipinski definition) is 3. The summed E-state index contributed by atoms with van der Waals surface area (Å²) in [5, 5.41) is 13.4. The van der Waals surface area contributed by atoms with Crippen molar-refractivity contribution in [2.45, 2.75) is 19.3 Å². The van der Waals surface area contributed by atoms with Crippen LogP contribution in [0.25, 0.3) is 10.9 Å². The van der Waals surface area contributed by atoms with Gasteiger partial charge >= 0.3 is 0 Å². The van der Waals surface area contributed by atoms with E-state index in [1.54, 1.807) is 6.07 Å². The molecule has 0 spiro atoms. The van der Waals surface area contributed by atoms with Gasteiger partial charge in [0.05, 0.1) is 28.1 Å². The Morgan fingerprint density at radius 3 is 2.95 bits per heavy atom. The number of nitrogens with one attached hydrogen (secondary N) is 2. The van der Waals surface area contributed by atoms with Gasteiger partial charge in [0.2, 0.25) is 5.91 Å². The fourth-order valence-corrected chi connectivity index (χ4v) is 3.29. The number of fused-ring (bicyclic) bond motifs is 3. The molecule has 0 bridgehead atoms. The van der Waals surface area contributed by atoms with Crippen LogP contribution in [-0.4, -0.2) is 35.8 Å². The molecule has 3 N–H and O–H groups in total. The molecule has 0 fully saturated rings. The zero-order valence-corrected chi connectivity index (χ0v) is 13.5. The van der Waals surface area contributed by atoms with E-state index < -0.39 is 0 Å². The molecule has 0 radical (unpaired) electrons. The van der Waals surface area contributed by atoms with E-state index in [4.69, 9.17) is 33.0 Å². The molecule has 1 unspecified atom stereocenters. The summed E-state index contributed by atoms with van der Waals surface area (Å²) in [6, 6.07) is 1.63. The van der Waals surface area contributed by atoms with E-state index in [-0.39, 0.29) is 25.0 Å². The fourth-order valence-electron chi connectivity index (χ4n) is 2.90. The maximum Gasteiger partial charge on any atom is 0.227 e. The topological polar surface area (TPSA) is 74.4 Å². The Morgan fingerprint density at radius 1 is 1.45 bits per heavy atom. The average molecular weight is 343 g/mol. The maximum absolute atomic E-state index is 12.1. The van der Waals surface area contributed by atoms with Crippen molar-refractivity contribution in [3.63, 3.8) is 0 Å². The van der Waals surface area contributed by atoms with Crippen LogP contribution in [0.3, 0.4) is 0 Å². The molecule has 1 aliphatic heterocycles. The molecule has 1 amide bonds. The summed E-state index contributed by atoms with van der Waals surface area (Å²) in [7, 11) is 0. The van der Waals surface area contributed by atoms with Crippen molar-refractivity contribution in [3.8, 4) is 5.75 Å². The molecular weight excluding hydrogens is 327 g/mol. The smallest absolute Gasteiger partial charge is 0.227 e. The highest BCUT2D eigenvalue weighted by atomic mass is 35.5. The Balaban J connectivity index is 2.29. The predicted molar refractivity (Wildman–Crippen MR) is 86.0 cm³/mol. The van der Waals surface area contributed by atoms with E-state index in [0.717, 1.165) is 16.6 Å². The molecule has 22 heavy (non-hydrogen) atoms. The number of H-pyrrole nitrogens is 1. The third-order valence-electron chi connectivity index (χ3n) is 3.90. The Labute approximate surface area is 137 Å². The number of aromatic nitrogens is 1. The van der Waals surface area contributed by atoms with E-state index in [0.29, 0.717) is 34.3 Å². The number of hydrogen-bond donors (Lipinski definition) is 3. The van der Waals surface area contributed by atoms with Crippen LogP contribution < -0.4 is 10.1 Å². The van der Waals surface area contributed by atoms with Gasteiger partial charge in [-0.05, 0) is 12.5 Å². The first-order chi connectivity index (χ1) is 10.5. The van der Waals surface area contributed by atoms with E-state index in [9.17, 15) is 4.79 Å². The van der Waals surface area contributed by atoms with Crippen LogP contribution >= 0.6 is 23.2 Å². The minimum atomic E-state index is -0.319. The summed E-state index contributed by atoms with van der Waals surface area (Å²) in [5.74, 6) is 0.177. The van der Waals surface area contributed by atoms with Gasteiger partial charge in [0.25, 0.3) is 0 Å². The van der Waals surface area contributed by atoms with Crippen LogP contribution in [0, 0.1) is 0 Å². The quantitative estimate of drug-likeness (QED) is 0.802. The standard InChI is InChI=1S/C15H16Cl2N2O3/c1-7-11-9(2-3-18-15(7)21)19-14-12(11)10(22-5-4-20)6-8(16)13(14)17/h6-7,19-20H,2-5H2,1H3,(H,18,21). The molecule has 3 rings (SSSR count). The number of carbonyl (C=O) groups excluding carboxylic acids is 1. The summed E-state index contributed by atoms with van der Waals surface area (Å²) in [5.41, 5.74) is 2.52. The van der Waals surface area contributed by atoms with Crippen LogP contribution in [0.5, 0.6) is 5.75 Å². The van der Waals surface area contributed by atoms with Crippen LogP contribution in [0.15, 0.2) is 6.07 Å². The van der Waals surface area contributed by atoms with Gasteiger partial charge in [-0.1, -0.05) is 23.2 Å². The van der Waals surface area contributed by atoms with Crippen LogP contribution in [0.2, 0.25) is 10.0 Å². The lowest BCUT2D eigenvalue weighted by atomic mass is 9.96. The molecule has 7 heteroatoms. The zero-order chi connectivity index (χ0) is 15.9. The third kappa shape index (κ3) is 2.43. The number of aromatic amines is 1. The Kier molecular flexibility index (Phi) is 4.21. The second-order valence-electron chi connectivity index (χ2n) is 5.27. The SMILES string of the molecule is CC1C(=O)NCCc2[nH]c3c(Cl)c(Cl)cc(OCCO)c3c21. The van der Waals surface area contributed by atoms with E-state index >= 15 is 0 Å². The van der Waals surface area contributed by atoms with Crippen molar-refractivity contribution >= 4 is 40.0 Å². The summed E-state index contributed by atoms with van der Waals surface area (Å²) in [4.78, 5) is 15.4. The number of benzene rings is 1. The average Bonchev–Trinajstić information content (AvgIpc) is 2.82. The van der Waals surface area contributed by atoms with Gasteiger partial charge in [-0.25, -0.2) is 0 Å². The molecule has 1 aliphatic rings. The fraction of sp³-hybridized carbons (Fsp3) is 0.400. The van der Waals surface area contributed by atoms with Gasteiger partial charge in [0.1, 0.15) is 12.4 Å². The molecule has 2 aromatic rings. The Morgan fingerprint density at radius 2 is 2.23 bits per heavy atom.